The summed E-state index contributed by atoms with van der Waals surface area (Å²) in [4.78, 5) is 13.8. The number of alkyl halides is 3. The molecule has 3 aromatic rings. The molecule has 1 aliphatic heterocycles. The van der Waals surface area contributed by atoms with Crippen molar-refractivity contribution in [2.24, 2.45) is 5.73 Å². The highest BCUT2D eigenvalue weighted by Gasteiger charge is 2.36. The molecule has 0 saturated heterocycles. The number of carbonyl (C=O) groups is 1. The molecular formula is C26H25F3N2O3S. The normalized spacial score (nSPS) is 15.8. The zero-order valence-electron chi connectivity index (χ0n) is 19.0. The van der Waals surface area contributed by atoms with Crippen molar-refractivity contribution in [3.63, 3.8) is 0 Å². The number of anilines is 1. The van der Waals surface area contributed by atoms with Crippen LogP contribution in [0.15, 0.2) is 71.6 Å². The number of halogens is 3. The predicted octanol–water partition coefficient (Wildman–Crippen LogP) is 4.77. The van der Waals surface area contributed by atoms with Crippen molar-refractivity contribution in [2.45, 2.75) is 43.4 Å². The van der Waals surface area contributed by atoms with Gasteiger partial charge in [-0.2, -0.15) is 13.2 Å². The fourth-order valence-electron chi connectivity index (χ4n) is 4.53. The third-order valence-electron chi connectivity index (χ3n) is 6.37. The molecule has 1 aliphatic rings. The number of sulfone groups is 1. The quantitative estimate of drug-likeness (QED) is 0.505. The van der Waals surface area contributed by atoms with E-state index in [0.29, 0.717) is 18.4 Å². The monoisotopic (exact) mass is 502 g/mol. The molecule has 35 heavy (non-hydrogen) atoms. The zero-order valence-corrected chi connectivity index (χ0v) is 19.9. The van der Waals surface area contributed by atoms with E-state index < -0.39 is 27.5 Å². The summed E-state index contributed by atoms with van der Waals surface area (Å²) in [5.74, 6) is -0.572. The van der Waals surface area contributed by atoms with Crippen molar-refractivity contribution in [1.29, 1.82) is 0 Å². The van der Waals surface area contributed by atoms with E-state index in [1.165, 1.54) is 12.1 Å². The highest BCUT2D eigenvalue weighted by molar-refractivity contribution is 7.91. The van der Waals surface area contributed by atoms with Crippen molar-refractivity contribution in [2.75, 3.05) is 10.7 Å². The second-order valence-corrected chi connectivity index (χ2v) is 10.9. The Morgan fingerprint density at radius 3 is 2.37 bits per heavy atom. The molecule has 0 bridgehead atoms. The highest BCUT2D eigenvalue weighted by atomic mass is 32.2. The Morgan fingerprint density at radius 2 is 1.74 bits per heavy atom. The van der Waals surface area contributed by atoms with Crippen LogP contribution in [0.1, 0.15) is 39.5 Å². The predicted molar refractivity (Wildman–Crippen MR) is 128 cm³/mol. The lowest BCUT2D eigenvalue weighted by Gasteiger charge is -2.29. The molecule has 0 spiro atoms. The Kier molecular flexibility index (Phi) is 6.64. The average Bonchev–Trinajstić information content (AvgIpc) is 3.15. The first kappa shape index (κ1) is 24.8. The molecule has 0 radical (unpaired) electrons. The van der Waals surface area contributed by atoms with Crippen molar-refractivity contribution in [3.8, 4) is 0 Å². The van der Waals surface area contributed by atoms with Gasteiger partial charge in [0.25, 0.3) is 0 Å². The minimum atomic E-state index is -4.48. The van der Waals surface area contributed by atoms with Crippen LogP contribution >= 0.6 is 0 Å². The van der Waals surface area contributed by atoms with Crippen molar-refractivity contribution in [1.82, 2.24) is 0 Å². The first-order valence-corrected chi connectivity index (χ1v) is 12.8. The first-order chi connectivity index (χ1) is 16.5. The molecular weight excluding hydrogens is 477 g/mol. The largest absolute Gasteiger partial charge is 0.416 e. The summed E-state index contributed by atoms with van der Waals surface area (Å²) >= 11 is 0. The Balaban J connectivity index is 1.68. The van der Waals surface area contributed by atoms with E-state index in [1.807, 2.05) is 4.90 Å². The van der Waals surface area contributed by atoms with E-state index in [-0.39, 0.29) is 28.8 Å². The van der Waals surface area contributed by atoms with Crippen LogP contribution in [0.5, 0.6) is 0 Å². The summed E-state index contributed by atoms with van der Waals surface area (Å²) in [6.45, 7) is 1.61. The number of carbonyl (C=O) groups excluding carboxylic acids is 1. The fraction of sp³-hybridized carbons (Fsp3) is 0.269. The molecule has 0 fully saturated rings. The van der Waals surface area contributed by atoms with Crippen LogP contribution in [0.25, 0.3) is 0 Å². The molecule has 0 saturated carbocycles. The average molecular weight is 503 g/mol. The van der Waals surface area contributed by atoms with Crippen LogP contribution in [-0.2, 0) is 35.4 Å². The Hall–Kier alpha value is -3.33. The van der Waals surface area contributed by atoms with Gasteiger partial charge < -0.3 is 10.6 Å². The minimum Gasteiger partial charge on any atom is -0.366 e. The summed E-state index contributed by atoms with van der Waals surface area (Å²) in [5, 5.41) is 0. The molecule has 184 valence electrons. The lowest BCUT2D eigenvalue weighted by atomic mass is 10.0. The molecule has 2 N–H and O–H groups in total. The maximum absolute atomic E-state index is 13.6. The molecule has 4 rings (SSSR count). The Morgan fingerprint density at radius 1 is 1.06 bits per heavy atom. The molecule has 3 aromatic carbocycles. The van der Waals surface area contributed by atoms with Gasteiger partial charge in [-0.25, -0.2) is 8.42 Å². The highest BCUT2D eigenvalue weighted by Crippen LogP contribution is 2.38. The minimum absolute atomic E-state index is 0.00112. The standard InChI is InChI=1S/C26H25F3N2O3S/c1-2-35(33,34)22-10-7-17(8-11-22)13-21-15-20-14-18(25(30)32)9-12-24(20)31(21)16-19-5-3-4-6-23(19)26(27,28)29/h3-12,14,21H,2,13,15-16H2,1H3,(H2,30,32). The zero-order chi connectivity index (χ0) is 25.4. The third kappa shape index (κ3) is 5.19. The number of hydrogen-bond donors (Lipinski definition) is 1. The lowest BCUT2D eigenvalue weighted by Crippen LogP contribution is -2.34. The molecule has 9 heteroatoms. The number of benzene rings is 3. The lowest BCUT2D eigenvalue weighted by molar-refractivity contribution is -0.138. The van der Waals surface area contributed by atoms with Gasteiger partial charge in [-0.05, 0) is 65.9 Å². The maximum atomic E-state index is 13.6. The molecule has 0 aliphatic carbocycles. The van der Waals surface area contributed by atoms with Gasteiger partial charge in [0.05, 0.1) is 16.2 Å². The van der Waals surface area contributed by atoms with Crippen molar-refractivity contribution < 1.29 is 26.4 Å². The van der Waals surface area contributed by atoms with E-state index in [2.05, 4.69) is 0 Å². The summed E-state index contributed by atoms with van der Waals surface area (Å²) in [7, 11) is -3.33. The number of amides is 1. The van der Waals surface area contributed by atoms with E-state index in [9.17, 15) is 26.4 Å². The number of nitrogens with zero attached hydrogens (tertiary/aromatic N) is 1. The number of nitrogens with two attached hydrogens (primary N) is 1. The van der Waals surface area contributed by atoms with Crippen LogP contribution < -0.4 is 10.6 Å². The summed E-state index contributed by atoms with van der Waals surface area (Å²) in [6, 6.07) is 16.9. The number of hydrogen-bond acceptors (Lipinski definition) is 4. The molecule has 1 unspecified atom stereocenters. The van der Waals surface area contributed by atoms with Gasteiger partial charge in [-0.15, -0.1) is 0 Å². The van der Waals surface area contributed by atoms with Gasteiger partial charge in [0, 0.05) is 23.8 Å². The van der Waals surface area contributed by atoms with Crippen molar-refractivity contribution >= 4 is 21.4 Å². The van der Waals surface area contributed by atoms with E-state index in [0.717, 1.165) is 22.9 Å². The number of fused-ring (bicyclic) bond motifs is 1. The second-order valence-electron chi connectivity index (χ2n) is 8.60. The van der Waals surface area contributed by atoms with Crippen molar-refractivity contribution in [3.05, 3.63) is 94.5 Å². The van der Waals surface area contributed by atoms with E-state index in [4.69, 9.17) is 5.73 Å². The summed E-state index contributed by atoms with van der Waals surface area (Å²) < 4.78 is 65.2. The Labute approximate surface area is 202 Å². The Bertz CT molecular complexity index is 1350. The van der Waals surface area contributed by atoms with Crippen LogP contribution in [-0.4, -0.2) is 26.1 Å². The number of rotatable bonds is 7. The fourth-order valence-corrected chi connectivity index (χ4v) is 5.41. The maximum Gasteiger partial charge on any atom is 0.416 e. The van der Waals surface area contributed by atoms with Crippen LogP contribution in [0.4, 0.5) is 18.9 Å². The van der Waals surface area contributed by atoms with Crippen LogP contribution in [0.3, 0.4) is 0 Å². The van der Waals surface area contributed by atoms with Gasteiger partial charge in [0.2, 0.25) is 5.91 Å². The van der Waals surface area contributed by atoms with E-state index >= 15 is 0 Å². The second kappa shape index (κ2) is 9.37. The summed E-state index contributed by atoms with van der Waals surface area (Å²) in [5.41, 5.74) is 7.69. The molecule has 1 atom stereocenters. The van der Waals surface area contributed by atoms with Crippen LogP contribution in [0.2, 0.25) is 0 Å². The van der Waals surface area contributed by atoms with Gasteiger partial charge >= 0.3 is 6.18 Å². The molecule has 1 heterocycles. The van der Waals surface area contributed by atoms with Gasteiger partial charge in [0.15, 0.2) is 9.84 Å². The molecule has 0 aromatic heterocycles. The first-order valence-electron chi connectivity index (χ1n) is 11.2. The van der Waals surface area contributed by atoms with E-state index in [1.54, 1.807) is 55.5 Å². The molecule has 5 nitrogen and oxygen atoms in total. The van der Waals surface area contributed by atoms with Gasteiger partial charge in [-0.1, -0.05) is 37.3 Å². The third-order valence-corrected chi connectivity index (χ3v) is 8.12. The van der Waals surface area contributed by atoms with Gasteiger partial charge in [-0.3, -0.25) is 4.79 Å². The molecule has 1 amide bonds. The number of primary amides is 1. The topological polar surface area (TPSA) is 80.5 Å². The summed E-state index contributed by atoms with van der Waals surface area (Å²) in [6.07, 6.45) is -3.48. The smallest absolute Gasteiger partial charge is 0.366 e. The SMILES string of the molecule is CCS(=O)(=O)c1ccc(CC2Cc3cc(C(N)=O)ccc3N2Cc2ccccc2C(F)(F)F)cc1. The van der Waals surface area contributed by atoms with Gasteiger partial charge in [0.1, 0.15) is 0 Å². The van der Waals surface area contributed by atoms with Crippen LogP contribution in [0, 0.1) is 0 Å².